The fourth-order valence-electron chi connectivity index (χ4n) is 1.44. The average Bonchev–Trinajstić information content (AvgIpc) is 2.39. The zero-order chi connectivity index (χ0) is 7.14. The van der Waals surface area contributed by atoms with Crippen molar-refractivity contribution in [3.05, 3.63) is 12.2 Å². The molecule has 0 aromatic carbocycles. The van der Waals surface area contributed by atoms with E-state index in [1.54, 1.807) is 6.33 Å². The summed E-state index contributed by atoms with van der Waals surface area (Å²) in [7, 11) is 0. The number of aromatic nitrogens is 3. The summed E-state index contributed by atoms with van der Waals surface area (Å²) in [5.74, 6) is 0.924. The molecular formula is C6H10N4. The maximum Gasteiger partial charge on any atom is 0.144 e. The highest BCUT2D eigenvalue weighted by Gasteiger charge is 2.26. The molecule has 2 N–H and O–H groups in total. The molecule has 4 heteroatoms. The molecule has 0 unspecified atom stereocenters. The molecule has 1 aliphatic heterocycles. The van der Waals surface area contributed by atoms with Gasteiger partial charge in [-0.2, -0.15) is 5.10 Å². The van der Waals surface area contributed by atoms with E-state index >= 15 is 0 Å². The van der Waals surface area contributed by atoms with Crippen molar-refractivity contribution in [1.82, 2.24) is 14.8 Å². The molecule has 0 saturated carbocycles. The Bertz CT molecular complexity index is 219. The van der Waals surface area contributed by atoms with Crippen LogP contribution in [-0.2, 0) is 0 Å². The third-order valence-electron chi connectivity index (χ3n) is 1.94. The molecule has 0 radical (unpaired) electrons. The molecule has 1 aromatic rings. The Labute approximate surface area is 59.1 Å². The lowest BCUT2D eigenvalue weighted by atomic mass is 10.2. The predicted octanol–water partition coefficient (Wildman–Crippen LogP) is 0.243. The number of hydrogen-bond acceptors (Lipinski definition) is 3. The van der Waals surface area contributed by atoms with Crippen LogP contribution in [0.3, 0.4) is 0 Å². The Hall–Kier alpha value is -0.900. The van der Waals surface area contributed by atoms with Crippen molar-refractivity contribution in [2.45, 2.75) is 25.4 Å². The lowest BCUT2D eigenvalue weighted by Gasteiger charge is -2.00. The van der Waals surface area contributed by atoms with Crippen molar-refractivity contribution in [2.75, 3.05) is 0 Å². The summed E-state index contributed by atoms with van der Waals surface area (Å²) in [6, 6.07) is 0.519. The summed E-state index contributed by atoms with van der Waals surface area (Å²) in [5.41, 5.74) is 5.76. The van der Waals surface area contributed by atoms with E-state index in [9.17, 15) is 0 Å². The zero-order valence-electron chi connectivity index (χ0n) is 5.86. The van der Waals surface area contributed by atoms with Crippen molar-refractivity contribution in [3.63, 3.8) is 0 Å². The third-order valence-corrected chi connectivity index (χ3v) is 1.94. The first-order valence-electron chi connectivity index (χ1n) is 3.44. The van der Waals surface area contributed by atoms with Gasteiger partial charge in [-0.25, -0.2) is 9.67 Å². The summed E-state index contributed by atoms with van der Waals surface area (Å²) in [5, 5.41) is 4.05. The van der Waals surface area contributed by atoms with E-state index in [1.165, 1.54) is 0 Å². The standard InChI is InChI=1S/C6H10N4/c1-4-2-5(7)6-8-3-9-10(4)6/h3-5H,2,7H2,1H3/t4-,5-/m0/s1. The fraction of sp³-hybridized carbons (Fsp3) is 0.667. The van der Waals surface area contributed by atoms with Crippen molar-refractivity contribution in [2.24, 2.45) is 5.73 Å². The summed E-state index contributed by atoms with van der Waals surface area (Å²) < 4.78 is 1.89. The number of nitrogens with two attached hydrogens (primary N) is 1. The van der Waals surface area contributed by atoms with Crippen LogP contribution in [0.15, 0.2) is 6.33 Å². The molecule has 2 atom stereocenters. The zero-order valence-corrected chi connectivity index (χ0v) is 5.86. The average molecular weight is 138 g/mol. The highest BCUT2D eigenvalue weighted by molar-refractivity contribution is 5.01. The molecule has 0 spiro atoms. The molecule has 54 valence electrons. The van der Waals surface area contributed by atoms with Gasteiger partial charge in [-0.3, -0.25) is 0 Å². The second-order valence-electron chi connectivity index (χ2n) is 2.75. The first-order valence-corrected chi connectivity index (χ1v) is 3.44. The molecule has 0 bridgehead atoms. The van der Waals surface area contributed by atoms with Gasteiger partial charge in [0.15, 0.2) is 0 Å². The monoisotopic (exact) mass is 138 g/mol. The predicted molar refractivity (Wildman–Crippen MR) is 36.3 cm³/mol. The summed E-state index contributed by atoms with van der Waals surface area (Å²) >= 11 is 0. The quantitative estimate of drug-likeness (QED) is 0.558. The van der Waals surface area contributed by atoms with Crippen LogP contribution >= 0.6 is 0 Å². The van der Waals surface area contributed by atoms with Gasteiger partial charge in [-0.1, -0.05) is 0 Å². The summed E-state index contributed by atoms with van der Waals surface area (Å²) in [4.78, 5) is 4.06. The van der Waals surface area contributed by atoms with Gasteiger partial charge in [-0.15, -0.1) is 0 Å². The molecule has 0 amide bonds. The Morgan fingerprint density at radius 3 is 3.30 bits per heavy atom. The SMILES string of the molecule is C[C@H]1C[C@H](N)c2ncnn21. The van der Waals surface area contributed by atoms with Gasteiger partial charge in [0.05, 0.1) is 12.1 Å². The molecule has 0 aliphatic carbocycles. The van der Waals surface area contributed by atoms with Crippen LogP contribution in [0, 0.1) is 0 Å². The van der Waals surface area contributed by atoms with Crippen LogP contribution in [0.2, 0.25) is 0 Å². The Kier molecular flexibility index (Phi) is 1.05. The van der Waals surface area contributed by atoms with Gasteiger partial charge < -0.3 is 5.73 Å². The van der Waals surface area contributed by atoms with E-state index in [-0.39, 0.29) is 6.04 Å². The fourth-order valence-corrected chi connectivity index (χ4v) is 1.44. The maximum atomic E-state index is 5.76. The van der Waals surface area contributed by atoms with Crippen molar-refractivity contribution >= 4 is 0 Å². The topological polar surface area (TPSA) is 56.7 Å². The van der Waals surface area contributed by atoms with E-state index in [1.807, 2.05) is 4.68 Å². The summed E-state index contributed by atoms with van der Waals surface area (Å²) in [6.07, 6.45) is 2.53. The van der Waals surface area contributed by atoms with Gasteiger partial charge in [-0.05, 0) is 13.3 Å². The van der Waals surface area contributed by atoms with Gasteiger partial charge in [0.2, 0.25) is 0 Å². The van der Waals surface area contributed by atoms with Gasteiger partial charge in [0.1, 0.15) is 12.2 Å². The van der Waals surface area contributed by atoms with Crippen molar-refractivity contribution in [1.29, 1.82) is 0 Å². The minimum Gasteiger partial charge on any atom is -0.321 e. The van der Waals surface area contributed by atoms with Crippen LogP contribution in [-0.4, -0.2) is 14.8 Å². The van der Waals surface area contributed by atoms with Crippen LogP contribution in [0.5, 0.6) is 0 Å². The van der Waals surface area contributed by atoms with Crippen LogP contribution in [0.4, 0.5) is 0 Å². The number of rotatable bonds is 0. The number of fused-ring (bicyclic) bond motifs is 1. The Balaban J connectivity index is 2.48. The molecule has 4 nitrogen and oxygen atoms in total. The van der Waals surface area contributed by atoms with Gasteiger partial charge in [0, 0.05) is 0 Å². The second kappa shape index (κ2) is 1.79. The molecular weight excluding hydrogens is 128 g/mol. The highest BCUT2D eigenvalue weighted by atomic mass is 15.4. The normalized spacial score (nSPS) is 30.6. The summed E-state index contributed by atoms with van der Waals surface area (Å²) in [6.45, 7) is 2.10. The van der Waals surface area contributed by atoms with E-state index < -0.39 is 0 Å². The number of hydrogen-bond donors (Lipinski definition) is 1. The van der Waals surface area contributed by atoms with Crippen LogP contribution < -0.4 is 5.73 Å². The number of nitrogens with zero attached hydrogens (tertiary/aromatic N) is 3. The molecule has 0 saturated heterocycles. The van der Waals surface area contributed by atoms with Crippen molar-refractivity contribution in [3.8, 4) is 0 Å². The highest BCUT2D eigenvalue weighted by Crippen LogP contribution is 2.28. The van der Waals surface area contributed by atoms with Crippen LogP contribution in [0.25, 0.3) is 0 Å². The molecule has 2 rings (SSSR count). The smallest absolute Gasteiger partial charge is 0.144 e. The van der Waals surface area contributed by atoms with E-state index in [2.05, 4.69) is 17.0 Å². The van der Waals surface area contributed by atoms with E-state index in [0.29, 0.717) is 6.04 Å². The first-order chi connectivity index (χ1) is 4.79. The first kappa shape index (κ1) is 5.85. The maximum absolute atomic E-state index is 5.76. The molecule has 10 heavy (non-hydrogen) atoms. The molecule has 1 aromatic heterocycles. The second-order valence-corrected chi connectivity index (χ2v) is 2.75. The van der Waals surface area contributed by atoms with Gasteiger partial charge in [0.25, 0.3) is 0 Å². The van der Waals surface area contributed by atoms with Gasteiger partial charge >= 0.3 is 0 Å². The molecule has 1 aliphatic rings. The van der Waals surface area contributed by atoms with E-state index in [4.69, 9.17) is 5.73 Å². The Morgan fingerprint density at radius 2 is 2.60 bits per heavy atom. The Morgan fingerprint density at radius 1 is 1.80 bits per heavy atom. The molecule has 2 heterocycles. The van der Waals surface area contributed by atoms with E-state index in [0.717, 1.165) is 12.2 Å². The minimum atomic E-state index is 0.0949. The van der Waals surface area contributed by atoms with Crippen molar-refractivity contribution < 1.29 is 0 Å². The minimum absolute atomic E-state index is 0.0949. The van der Waals surface area contributed by atoms with Crippen LogP contribution in [0.1, 0.15) is 31.3 Å². The largest absolute Gasteiger partial charge is 0.321 e. The molecule has 0 fully saturated rings. The third kappa shape index (κ3) is 0.593. The lowest BCUT2D eigenvalue weighted by molar-refractivity contribution is 0.507. The lowest BCUT2D eigenvalue weighted by Crippen LogP contribution is -2.06.